The molecule has 10 aromatic heterocycles. The highest BCUT2D eigenvalue weighted by molar-refractivity contribution is 6.16. The number of hydrogen-bond donors (Lipinski definition) is 0. The standard InChI is InChI=1S/2C25H19N3O.2C22H21N3O.C21H20N4O.5C2H6/c1-17-13-14-20-19-10-5-6-12-22(19)29-24(20)23(17)28-16-27(18-8-3-2-4-9-18)25-21(28)11-7-15-26-25;1-17-13-14-20-19-10-5-6-12-22(19)29-24(20)23(17)28-16-27(18-8-3-2-4-9-18)21-11-7-15-26-25(21)28;1-14(2)24-13-25(18-8-6-12-23-22(18)24)20-15(3)10-11-17-16-7-4-5-9-19(16)26-21(17)20;1-14(2)24-13-25(22-18(24)8-6-12-23-22)20-15(3)10-11-17-16-7-4-5-9-19(16)26-21(17)20;1-13(2)24-12-25(21-20(24)22-10-11-23-21)18-14(3)8-9-16-15-6-4-5-7-17(15)26-19(16)18;5*1-2/h2*2-15H,16H2,1H3;2*4-12,14H,13H2,1-3H3;4-11,13H,12H2,1-3H3;5*1-2H3. The number of aryl methyl sites for hydroxylation is 5. The molecule has 0 N–H and O–H groups in total. The Balaban J connectivity index is 0.000000117. The molecule has 27 rings (SSSR count). The van der Waals surface area contributed by atoms with E-state index in [1.165, 1.54) is 33.5 Å². The van der Waals surface area contributed by atoms with E-state index in [4.69, 9.17) is 37.0 Å². The molecule has 22 aromatic rings. The van der Waals surface area contributed by atoms with E-state index < -0.39 is 0 Å². The van der Waals surface area contributed by atoms with Gasteiger partial charge in [0.25, 0.3) is 0 Å². The summed E-state index contributed by atoms with van der Waals surface area (Å²) >= 11 is 0. The molecule has 21 nitrogen and oxygen atoms in total. The number of benzene rings is 12. The molecule has 146 heavy (non-hydrogen) atoms. The maximum Gasteiger partial charge on any atom is 0.178 e. The molecule has 0 atom stereocenters. The maximum absolute atomic E-state index is 6.35. The Kier molecular flexibility index (Phi) is 29.7. The normalized spacial score (nSPS) is 13.0. The van der Waals surface area contributed by atoms with Crippen LogP contribution in [0.5, 0.6) is 0 Å². The van der Waals surface area contributed by atoms with Gasteiger partial charge in [-0.05, 0) is 207 Å². The van der Waals surface area contributed by atoms with Crippen LogP contribution in [0.3, 0.4) is 0 Å². The predicted molar refractivity (Wildman–Crippen MR) is 613 cm³/mol. The largest absolute Gasteiger partial charge is 0.454 e. The first-order chi connectivity index (χ1) is 71.6. The second-order valence-corrected chi connectivity index (χ2v) is 36.2. The summed E-state index contributed by atoms with van der Waals surface area (Å²) in [5.74, 6) is 5.76. The average molecular weight is 1940 g/mol. The van der Waals surface area contributed by atoms with Gasteiger partial charge in [0.05, 0.1) is 71.2 Å². The fourth-order valence-corrected chi connectivity index (χ4v) is 20.3. The number of aromatic nitrogens is 6. The molecule has 5 aliphatic heterocycles. The summed E-state index contributed by atoms with van der Waals surface area (Å²) in [6.45, 7) is 47.5. The molecule has 0 fully saturated rings. The van der Waals surface area contributed by atoms with Crippen molar-refractivity contribution < 1.29 is 22.1 Å². The Hall–Kier alpha value is -16.7. The highest BCUT2D eigenvalue weighted by Gasteiger charge is 2.39. The van der Waals surface area contributed by atoms with Crippen LogP contribution < -0.4 is 49.0 Å². The zero-order valence-electron chi connectivity index (χ0n) is 87.6. The Morgan fingerprint density at radius 1 is 0.192 bits per heavy atom. The van der Waals surface area contributed by atoms with Crippen LogP contribution in [0.25, 0.3) is 110 Å². The van der Waals surface area contributed by atoms with Crippen LogP contribution in [0, 0.1) is 34.6 Å². The molecule has 21 heteroatoms. The molecule has 0 spiro atoms. The summed E-state index contributed by atoms with van der Waals surface area (Å²) in [5.41, 5.74) is 27.4. The molecule has 0 amide bonds. The van der Waals surface area contributed by atoms with Crippen molar-refractivity contribution in [2.24, 2.45) is 0 Å². The Morgan fingerprint density at radius 2 is 0.432 bits per heavy atom. The van der Waals surface area contributed by atoms with Crippen LogP contribution in [-0.2, 0) is 0 Å². The summed E-state index contributed by atoms with van der Waals surface area (Å²) < 4.78 is 31.6. The van der Waals surface area contributed by atoms with Crippen LogP contribution in [0.4, 0.5) is 97.5 Å². The van der Waals surface area contributed by atoms with Gasteiger partial charge in [-0.25, -0.2) is 29.9 Å². The first-order valence-electron chi connectivity index (χ1n) is 51.6. The Morgan fingerprint density at radius 3 is 0.795 bits per heavy atom. The van der Waals surface area contributed by atoms with Gasteiger partial charge in [0.2, 0.25) is 0 Å². The molecule has 0 radical (unpaired) electrons. The molecule has 0 saturated heterocycles. The molecule has 740 valence electrons. The number of pyridine rings is 4. The van der Waals surface area contributed by atoms with Crippen molar-refractivity contribution in [2.75, 3.05) is 82.3 Å². The van der Waals surface area contributed by atoms with E-state index in [0.717, 1.165) is 215 Å². The van der Waals surface area contributed by atoms with E-state index in [1.54, 1.807) is 12.4 Å². The molecular formula is C125H130N16O5. The average Bonchev–Trinajstić information content (AvgIpc) is 1.60. The number of anilines is 17. The second kappa shape index (κ2) is 43.6. The minimum atomic E-state index is 0.339. The summed E-state index contributed by atoms with van der Waals surface area (Å²) in [7, 11) is 0. The van der Waals surface area contributed by atoms with Gasteiger partial charge in [-0.1, -0.05) is 257 Å². The van der Waals surface area contributed by atoms with Crippen LogP contribution >= 0.6 is 0 Å². The van der Waals surface area contributed by atoms with Crippen LogP contribution in [0.1, 0.15) is 139 Å². The quantitative estimate of drug-likeness (QED) is 0.126. The molecule has 0 saturated carbocycles. The smallest absolute Gasteiger partial charge is 0.178 e. The number of hydrogen-bond acceptors (Lipinski definition) is 21. The number of para-hydroxylation sites is 7. The van der Waals surface area contributed by atoms with Crippen molar-refractivity contribution in [1.29, 1.82) is 0 Å². The third-order valence-electron chi connectivity index (χ3n) is 26.9. The van der Waals surface area contributed by atoms with Gasteiger partial charge in [0, 0.05) is 121 Å². The predicted octanol–water partition coefficient (Wildman–Crippen LogP) is 34.4. The van der Waals surface area contributed by atoms with Gasteiger partial charge in [-0.2, -0.15) is 0 Å². The molecule has 12 aromatic carbocycles. The highest BCUT2D eigenvalue weighted by atomic mass is 16.3. The molecule has 0 unspecified atom stereocenters. The third kappa shape index (κ3) is 18.2. The zero-order valence-corrected chi connectivity index (χ0v) is 87.6. The first kappa shape index (κ1) is 99.5. The van der Waals surface area contributed by atoms with Gasteiger partial charge in [-0.15, -0.1) is 0 Å². The van der Waals surface area contributed by atoms with E-state index in [1.807, 2.05) is 197 Å². The van der Waals surface area contributed by atoms with E-state index in [9.17, 15) is 0 Å². The van der Waals surface area contributed by atoms with Gasteiger partial charge in [-0.3, -0.25) is 0 Å². The van der Waals surface area contributed by atoms with Crippen LogP contribution in [0.2, 0.25) is 0 Å². The summed E-state index contributed by atoms with van der Waals surface area (Å²) in [6, 6.07) is 101. The lowest BCUT2D eigenvalue weighted by atomic mass is 10.1. The highest BCUT2D eigenvalue weighted by Crippen LogP contribution is 2.54. The van der Waals surface area contributed by atoms with Crippen LogP contribution in [0.15, 0.2) is 350 Å². The lowest BCUT2D eigenvalue weighted by Crippen LogP contribution is -2.34. The lowest BCUT2D eigenvalue weighted by Gasteiger charge is -2.25. The SMILES string of the molecule is CC.CC.CC.CC.CC.Cc1ccc2c(oc3ccccc32)c1N1CN(C(C)C)c2cccnc21.Cc1ccc2c(oc3ccccc32)c1N1CN(C(C)C)c2ncccc21.Cc1ccc2c(oc3ccccc32)c1N1CN(C(C)C)c2nccnc21.Cc1ccc2c(oc3ccccc32)c1N1CN(c2ccccc2)c2cccnc21.Cc1ccc2c(oc3ccccc32)c1N1CN(c2ccccc2)c2ncccc21. The topological polar surface area (TPSA) is 175 Å². The van der Waals surface area contributed by atoms with Gasteiger partial charge in [0.1, 0.15) is 41.3 Å². The second-order valence-electron chi connectivity index (χ2n) is 36.2. The first-order valence-corrected chi connectivity index (χ1v) is 51.6. The monoisotopic (exact) mass is 1940 g/mol. The fourth-order valence-electron chi connectivity index (χ4n) is 20.3. The minimum Gasteiger partial charge on any atom is -0.454 e. The number of nitrogens with zero attached hydrogens (tertiary/aromatic N) is 16. The number of furan rings is 5. The molecular weight excluding hydrogens is 1810 g/mol. The maximum atomic E-state index is 6.35. The third-order valence-corrected chi connectivity index (χ3v) is 26.9. The van der Waals surface area contributed by atoms with Crippen molar-refractivity contribution in [3.63, 3.8) is 0 Å². The Labute approximate surface area is 855 Å². The van der Waals surface area contributed by atoms with Gasteiger partial charge >= 0.3 is 0 Å². The van der Waals surface area contributed by atoms with E-state index in [0.29, 0.717) is 38.1 Å². The van der Waals surface area contributed by atoms with E-state index in [-0.39, 0.29) is 0 Å². The zero-order chi connectivity index (χ0) is 102. The van der Waals surface area contributed by atoms with Crippen molar-refractivity contribution in [1.82, 2.24) is 29.9 Å². The van der Waals surface area contributed by atoms with Crippen LogP contribution in [-0.4, -0.2) is 81.4 Å². The van der Waals surface area contributed by atoms with Crippen molar-refractivity contribution in [3.8, 4) is 0 Å². The van der Waals surface area contributed by atoms with Crippen molar-refractivity contribution in [3.05, 3.63) is 356 Å². The minimum absolute atomic E-state index is 0.339. The summed E-state index contributed by atoms with van der Waals surface area (Å²) in [5, 5.41) is 11.5. The summed E-state index contributed by atoms with van der Waals surface area (Å²) in [4.78, 5) is 50.9. The van der Waals surface area contributed by atoms with Gasteiger partial charge < -0.3 is 71.1 Å². The van der Waals surface area contributed by atoms with Crippen molar-refractivity contribution in [2.45, 2.75) is 164 Å². The van der Waals surface area contributed by atoms with Gasteiger partial charge in [0.15, 0.2) is 62.8 Å². The number of fused-ring (bicyclic) bond motifs is 20. The molecule has 15 heterocycles. The van der Waals surface area contributed by atoms with E-state index >= 15 is 0 Å². The molecule has 5 aliphatic rings. The van der Waals surface area contributed by atoms with Crippen molar-refractivity contribution >= 4 is 207 Å². The Bertz CT molecular complexity index is 7710. The molecule has 0 aliphatic carbocycles. The summed E-state index contributed by atoms with van der Waals surface area (Å²) in [6.07, 6.45) is 11.0. The fraction of sp³-hybridized carbons (Fsp3) is 0.232. The molecule has 0 bridgehead atoms. The van der Waals surface area contributed by atoms with E-state index in [2.05, 4.69) is 328 Å². The lowest BCUT2D eigenvalue weighted by molar-refractivity contribution is 0.664. The number of rotatable bonds is 10.